The molecule has 0 radical (unpaired) electrons. The zero-order valence-electron chi connectivity index (χ0n) is 14.9. The molecule has 0 aliphatic carbocycles. The minimum atomic E-state index is -2.26. The first-order valence-corrected chi connectivity index (χ1v) is 8.26. The van der Waals surface area contributed by atoms with E-state index in [1.165, 1.54) is 16.9 Å². The van der Waals surface area contributed by atoms with Crippen LogP contribution in [0.2, 0.25) is 0 Å². The Bertz CT molecular complexity index is 1100. The predicted octanol–water partition coefficient (Wildman–Crippen LogP) is 2.55. The minimum absolute atomic E-state index is 0.0452. The number of carboxylic acids is 1. The van der Waals surface area contributed by atoms with Crippen LogP contribution in [-0.4, -0.2) is 36.5 Å². The molecule has 0 saturated heterocycles. The Kier molecular flexibility index (Phi) is 5.80. The Labute approximate surface area is 164 Å². The number of anilines is 1. The van der Waals surface area contributed by atoms with Crippen LogP contribution >= 0.6 is 0 Å². The molecule has 13 heteroatoms. The van der Waals surface area contributed by atoms with Crippen LogP contribution in [0.3, 0.4) is 0 Å². The van der Waals surface area contributed by atoms with E-state index in [9.17, 15) is 31.5 Å². The van der Waals surface area contributed by atoms with Gasteiger partial charge in [0.1, 0.15) is 5.69 Å². The maximum absolute atomic E-state index is 13.8. The molecular weight excluding hydrogens is 417 g/mol. The fourth-order valence-electron chi connectivity index (χ4n) is 2.57. The number of carbonyl (C=O) groups is 2. The SMILES string of the molecule is O=C(O)CCn1nccc1C(=O)Nc1cnn(Cc2c(F)c(F)c(F)c(F)c2F)c1. The molecule has 0 unspecified atom stereocenters. The van der Waals surface area contributed by atoms with Crippen LogP contribution in [0, 0.1) is 29.1 Å². The van der Waals surface area contributed by atoms with Gasteiger partial charge in [0.25, 0.3) is 5.91 Å². The van der Waals surface area contributed by atoms with Crippen LogP contribution in [-0.2, 0) is 17.9 Å². The Hall–Kier alpha value is -3.77. The first-order chi connectivity index (χ1) is 14.2. The lowest BCUT2D eigenvalue weighted by atomic mass is 10.1. The van der Waals surface area contributed by atoms with Gasteiger partial charge >= 0.3 is 5.97 Å². The minimum Gasteiger partial charge on any atom is -0.481 e. The molecule has 0 aliphatic rings. The molecule has 2 heterocycles. The smallest absolute Gasteiger partial charge is 0.305 e. The van der Waals surface area contributed by atoms with Crippen molar-refractivity contribution in [1.82, 2.24) is 19.6 Å². The first-order valence-electron chi connectivity index (χ1n) is 8.26. The van der Waals surface area contributed by atoms with Gasteiger partial charge in [-0.25, -0.2) is 22.0 Å². The van der Waals surface area contributed by atoms with E-state index < -0.39 is 53.1 Å². The Balaban J connectivity index is 1.75. The Morgan fingerprint density at radius 1 is 1.00 bits per heavy atom. The summed E-state index contributed by atoms with van der Waals surface area (Å²) in [6.45, 7) is -0.831. The van der Waals surface area contributed by atoms with E-state index in [1.807, 2.05) is 0 Å². The van der Waals surface area contributed by atoms with Gasteiger partial charge in [0, 0.05) is 12.4 Å². The molecule has 0 aliphatic heterocycles. The van der Waals surface area contributed by atoms with Gasteiger partial charge in [-0.05, 0) is 6.07 Å². The number of halogens is 5. The largest absolute Gasteiger partial charge is 0.481 e. The molecule has 0 atom stereocenters. The van der Waals surface area contributed by atoms with Crippen LogP contribution < -0.4 is 5.32 Å². The first kappa shape index (κ1) is 21.0. The molecule has 30 heavy (non-hydrogen) atoms. The molecule has 0 bridgehead atoms. The number of nitrogens with zero attached hydrogens (tertiary/aromatic N) is 4. The molecule has 2 N–H and O–H groups in total. The van der Waals surface area contributed by atoms with Gasteiger partial charge in [-0.15, -0.1) is 0 Å². The van der Waals surface area contributed by atoms with E-state index in [1.54, 1.807) is 0 Å². The summed E-state index contributed by atoms with van der Waals surface area (Å²) in [6, 6.07) is 1.34. The summed E-state index contributed by atoms with van der Waals surface area (Å²) in [4.78, 5) is 23.0. The molecule has 0 fully saturated rings. The quantitative estimate of drug-likeness (QED) is 0.342. The van der Waals surface area contributed by atoms with Gasteiger partial charge in [-0.1, -0.05) is 0 Å². The second-order valence-electron chi connectivity index (χ2n) is 6.01. The highest BCUT2D eigenvalue weighted by Crippen LogP contribution is 2.24. The topological polar surface area (TPSA) is 102 Å². The third-order valence-electron chi connectivity index (χ3n) is 4.00. The van der Waals surface area contributed by atoms with Gasteiger partial charge in [-0.3, -0.25) is 19.0 Å². The molecule has 1 aromatic carbocycles. The third-order valence-corrected chi connectivity index (χ3v) is 4.00. The van der Waals surface area contributed by atoms with Gasteiger partial charge < -0.3 is 10.4 Å². The van der Waals surface area contributed by atoms with E-state index >= 15 is 0 Å². The number of aromatic nitrogens is 4. The van der Waals surface area contributed by atoms with Gasteiger partial charge in [-0.2, -0.15) is 10.2 Å². The molecule has 2 aromatic heterocycles. The van der Waals surface area contributed by atoms with E-state index in [-0.39, 0.29) is 24.3 Å². The average molecular weight is 429 g/mol. The molecule has 158 valence electrons. The fraction of sp³-hybridized carbons (Fsp3) is 0.176. The summed E-state index contributed by atoms with van der Waals surface area (Å²) in [5.41, 5.74) is -0.974. The summed E-state index contributed by atoms with van der Waals surface area (Å²) in [5.74, 6) is -12.1. The van der Waals surface area contributed by atoms with Crippen LogP contribution in [0.5, 0.6) is 0 Å². The highest BCUT2D eigenvalue weighted by Gasteiger charge is 2.26. The lowest BCUT2D eigenvalue weighted by molar-refractivity contribution is -0.137. The molecule has 3 rings (SSSR count). The summed E-state index contributed by atoms with van der Waals surface area (Å²) >= 11 is 0. The third kappa shape index (κ3) is 4.14. The van der Waals surface area contributed by atoms with Crippen molar-refractivity contribution in [2.45, 2.75) is 19.5 Å². The monoisotopic (exact) mass is 429 g/mol. The number of carboxylic acid groups (broad SMARTS) is 1. The second-order valence-corrected chi connectivity index (χ2v) is 6.01. The van der Waals surface area contributed by atoms with Crippen molar-refractivity contribution >= 4 is 17.6 Å². The van der Waals surface area contributed by atoms with E-state index in [0.717, 1.165) is 17.1 Å². The number of benzene rings is 1. The van der Waals surface area contributed by atoms with E-state index in [4.69, 9.17) is 5.11 Å². The zero-order valence-corrected chi connectivity index (χ0v) is 14.9. The highest BCUT2D eigenvalue weighted by atomic mass is 19.2. The van der Waals surface area contributed by atoms with E-state index in [2.05, 4.69) is 15.5 Å². The molecule has 3 aromatic rings. The van der Waals surface area contributed by atoms with Crippen LogP contribution in [0.25, 0.3) is 0 Å². The maximum Gasteiger partial charge on any atom is 0.305 e. The number of carbonyl (C=O) groups excluding carboxylic acids is 1. The summed E-state index contributed by atoms with van der Waals surface area (Å²) in [7, 11) is 0. The number of hydrogen-bond acceptors (Lipinski definition) is 4. The molecule has 0 spiro atoms. The number of aliphatic carboxylic acids is 1. The normalized spacial score (nSPS) is 11.0. The van der Waals surface area contributed by atoms with E-state index in [0.29, 0.717) is 0 Å². The van der Waals surface area contributed by atoms with Crippen molar-refractivity contribution < 1.29 is 36.6 Å². The highest BCUT2D eigenvalue weighted by molar-refractivity contribution is 6.02. The van der Waals surface area contributed by atoms with Gasteiger partial charge in [0.2, 0.25) is 5.82 Å². The number of nitrogens with one attached hydrogen (secondary N) is 1. The number of amides is 1. The Morgan fingerprint density at radius 2 is 1.63 bits per heavy atom. The average Bonchev–Trinajstić information content (AvgIpc) is 3.35. The maximum atomic E-state index is 13.8. The molecule has 0 saturated carbocycles. The summed E-state index contributed by atoms with van der Waals surface area (Å²) < 4.78 is 69.3. The lowest BCUT2D eigenvalue weighted by Crippen LogP contribution is -2.18. The zero-order chi connectivity index (χ0) is 22.0. The fourth-order valence-corrected chi connectivity index (χ4v) is 2.57. The van der Waals surface area contributed by atoms with Gasteiger partial charge in [0.15, 0.2) is 23.3 Å². The number of rotatable bonds is 7. The summed E-state index contributed by atoms with van der Waals surface area (Å²) in [5, 5.41) is 18.7. The van der Waals surface area contributed by atoms with Crippen molar-refractivity contribution in [3.8, 4) is 0 Å². The molecule has 1 amide bonds. The lowest BCUT2D eigenvalue weighted by Gasteiger charge is -2.08. The second kappa shape index (κ2) is 8.31. The molecular formula is C17H12F5N5O3. The molecule has 8 nitrogen and oxygen atoms in total. The van der Waals surface area contributed by atoms with Crippen LogP contribution in [0.4, 0.5) is 27.6 Å². The van der Waals surface area contributed by atoms with Crippen LogP contribution in [0.15, 0.2) is 24.7 Å². The van der Waals surface area contributed by atoms with Crippen molar-refractivity contribution in [3.05, 3.63) is 65.0 Å². The summed E-state index contributed by atoms with van der Waals surface area (Å²) in [6.07, 6.45) is 3.25. The van der Waals surface area contributed by atoms with Crippen molar-refractivity contribution in [2.24, 2.45) is 0 Å². The van der Waals surface area contributed by atoms with Crippen molar-refractivity contribution in [1.29, 1.82) is 0 Å². The standard InChI is InChI=1S/C17H12F5N5O3/c18-12-9(13(19)15(21)16(22)14(12)20)7-26-6-8(5-24-26)25-17(30)10-1-3-23-27(10)4-2-11(28)29/h1,3,5-6H,2,4,7H2,(H,25,30)(H,28,29). The van der Waals surface area contributed by atoms with Crippen molar-refractivity contribution in [2.75, 3.05) is 5.32 Å². The van der Waals surface area contributed by atoms with Gasteiger partial charge in [0.05, 0.1) is 37.0 Å². The number of aryl methyl sites for hydroxylation is 1. The number of hydrogen-bond donors (Lipinski definition) is 2. The van der Waals surface area contributed by atoms with Crippen LogP contribution in [0.1, 0.15) is 22.5 Å². The van der Waals surface area contributed by atoms with Crippen molar-refractivity contribution in [3.63, 3.8) is 0 Å². The Morgan fingerprint density at radius 3 is 2.27 bits per heavy atom. The predicted molar refractivity (Wildman–Crippen MR) is 90.0 cm³/mol.